The molecule has 0 radical (unpaired) electrons. The molecule has 0 aliphatic rings. The van der Waals surface area contributed by atoms with Crippen LogP contribution in [-0.2, 0) is 21.6 Å². The van der Waals surface area contributed by atoms with Gasteiger partial charge in [-0.3, -0.25) is 5.32 Å². The first kappa shape index (κ1) is 15.3. The smallest absolute Gasteiger partial charge is 0.330 e. The van der Waals surface area contributed by atoms with E-state index in [4.69, 9.17) is 4.74 Å². The number of hydrogen-bond acceptors (Lipinski definition) is 6. The Labute approximate surface area is 126 Å². The van der Waals surface area contributed by atoms with Crippen molar-refractivity contribution in [3.05, 3.63) is 46.2 Å². The Kier molecular flexibility index (Phi) is 4.50. The molecular formula is C15H17NO4S. The summed E-state index contributed by atoms with van der Waals surface area (Å²) in [4.78, 5) is 13.2. The molecular weight excluding hydrogens is 290 g/mol. The molecule has 1 aromatic carbocycles. The molecule has 6 heteroatoms. The van der Waals surface area contributed by atoms with E-state index >= 15 is 0 Å². The van der Waals surface area contributed by atoms with E-state index in [1.54, 1.807) is 18.3 Å². The van der Waals surface area contributed by atoms with Crippen LogP contribution in [0.1, 0.15) is 17.4 Å². The summed E-state index contributed by atoms with van der Waals surface area (Å²) in [6.07, 6.45) is 0. The van der Waals surface area contributed by atoms with E-state index in [0.717, 1.165) is 4.88 Å². The SMILES string of the molecule is COC(=O)C(C)(NCc1cccs1)c1cc(O)cc(O)c1. The highest BCUT2D eigenvalue weighted by Crippen LogP contribution is 2.30. The van der Waals surface area contributed by atoms with Gasteiger partial charge in [0.15, 0.2) is 0 Å². The van der Waals surface area contributed by atoms with Crippen LogP contribution in [0.3, 0.4) is 0 Å². The van der Waals surface area contributed by atoms with Crippen molar-refractivity contribution >= 4 is 17.3 Å². The molecule has 0 amide bonds. The Morgan fingerprint density at radius 1 is 1.33 bits per heavy atom. The number of benzene rings is 1. The normalized spacial score (nSPS) is 13.6. The molecule has 1 aromatic heterocycles. The van der Waals surface area contributed by atoms with Crippen LogP contribution in [0.4, 0.5) is 0 Å². The quantitative estimate of drug-likeness (QED) is 0.739. The molecule has 0 aliphatic carbocycles. The Morgan fingerprint density at radius 2 is 2.00 bits per heavy atom. The van der Waals surface area contributed by atoms with Gasteiger partial charge in [0.25, 0.3) is 0 Å². The molecule has 0 saturated carbocycles. The Bertz CT molecular complexity index is 606. The van der Waals surface area contributed by atoms with Gasteiger partial charge < -0.3 is 14.9 Å². The van der Waals surface area contributed by atoms with Gasteiger partial charge in [-0.15, -0.1) is 11.3 Å². The van der Waals surface area contributed by atoms with Crippen molar-refractivity contribution in [3.63, 3.8) is 0 Å². The van der Waals surface area contributed by atoms with Crippen molar-refractivity contribution in [3.8, 4) is 11.5 Å². The van der Waals surface area contributed by atoms with E-state index in [1.807, 2.05) is 17.5 Å². The minimum atomic E-state index is -1.17. The van der Waals surface area contributed by atoms with Crippen LogP contribution in [0.2, 0.25) is 0 Å². The average molecular weight is 307 g/mol. The minimum absolute atomic E-state index is 0.113. The van der Waals surface area contributed by atoms with Gasteiger partial charge in [0.1, 0.15) is 17.0 Å². The molecule has 3 N–H and O–H groups in total. The number of carbonyl (C=O) groups excluding carboxylic acids is 1. The number of rotatable bonds is 5. The van der Waals surface area contributed by atoms with Crippen molar-refractivity contribution in [2.75, 3.05) is 7.11 Å². The van der Waals surface area contributed by atoms with Crippen LogP contribution < -0.4 is 5.32 Å². The fraction of sp³-hybridized carbons (Fsp3) is 0.267. The summed E-state index contributed by atoms with van der Waals surface area (Å²) in [6.45, 7) is 2.13. The highest BCUT2D eigenvalue weighted by atomic mass is 32.1. The molecule has 0 spiro atoms. The Morgan fingerprint density at radius 3 is 2.52 bits per heavy atom. The summed E-state index contributed by atoms with van der Waals surface area (Å²) in [7, 11) is 1.30. The predicted molar refractivity (Wildman–Crippen MR) is 80.3 cm³/mol. The molecule has 1 atom stereocenters. The lowest BCUT2D eigenvalue weighted by Gasteiger charge is -2.28. The van der Waals surface area contributed by atoms with Crippen molar-refractivity contribution in [2.45, 2.75) is 19.0 Å². The van der Waals surface area contributed by atoms with Gasteiger partial charge in [-0.1, -0.05) is 6.07 Å². The van der Waals surface area contributed by atoms with E-state index < -0.39 is 11.5 Å². The zero-order valence-corrected chi connectivity index (χ0v) is 12.6. The second-order valence-corrected chi connectivity index (χ2v) is 5.82. The van der Waals surface area contributed by atoms with E-state index in [0.29, 0.717) is 12.1 Å². The zero-order valence-electron chi connectivity index (χ0n) is 11.8. The number of nitrogens with one attached hydrogen (secondary N) is 1. The molecule has 1 heterocycles. The number of hydrogen-bond donors (Lipinski definition) is 3. The number of esters is 1. The van der Waals surface area contributed by atoms with Gasteiger partial charge in [0, 0.05) is 17.5 Å². The van der Waals surface area contributed by atoms with Crippen molar-refractivity contribution in [2.24, 2.45) is 0 Å². The van der Waals surface area contributed by atoms with Gasteiger partial charge in [0.2, 0.25) is 0 Å². The number of phenols is 2. The molecule has 0 bridgehead atoms. The maximum atomic E-state index is 12.2. The molecule has 21 heavy (non-hydrogen) atoms. The summed E-state index contributed by atoms with van der Waals surface area (Å²) in [5, 5.41) is 24.3. The first-order valence-corrected chi connectivity index (χ1v) is 7.23. The third kappa shape index (κ3) is 3.34. The molecule has 0 fully saturated rings. The van der Waals surface area contributed by atoms with E-state index in [9.17, 15) is 15.0 Å². The number of methoxy groups -OCH3 is 1. The maximum absolute atomic E-state index is 12.2. The summed E-state index contributed by atoms with van der Waals surface area (Å²) in [6, 6.07) is 7.95. The van der Waals surface area contributed by atoms with E-state index in [1.165, 1.54) is 25.3 Å². The lowest BCUT2D eigenvalue weighted by molar-refractivity contribution is -0.148. The van der Waals surface area contributed by atoms with Crippen LogP contribution in [-0.4, -0.2) is 23.3 Å². The topological polar surface area (TPSA) is 78.8 Å². The van der Waals surface area contributed by atoms with Crippen molar-refractivity contribution in [1.82, 2.24) is 5.32 Å². The zero-order chi connectivity index (χ0) is 15.5. The van der Waals surface area contributed by atoms with Crippen molar-refractivity contribution in [1.29, 1.82) is 0 Å². The van der Waals surface area contributed by atoms with Gasteiger partial charge >= 0.3 is 5.97 Å². The first-order valence-electron chi connectivity index (χ1n) is 6.35. The summed E-state index contributed by atoms with van der Waals surface area (Å²) < 4.78 is 4.86. The molecule has 2 aromatic rings. The van der Waals surface area contributed by atoms with Crippen LogP contribution in [0.25, 0.3) is 0 Å². The first-order chi connectivity index (χ1) is 9.95. The highest BCUT2D eigenvalue weighted by Gasteiger charge is 2.36. The summed E-state index contributed by atoms with van der Waals surface area (Å²) >= 11 is 1.57. The molecule has 112 valence electrons. The van der Waals surface area contributed by atoms with Crippen LogP contribution in [0.15, 0.2) is 35.7 Å². The third-order valence-corrected chi connectivity index (χ3v) is 4.15. The monoisotopic (exact) mass is 307 g/mol. The summed E-state index contributed by atoms with van der Waals surface area (Å²) in [5.41, 5.74) is -0.738. The van der Waals surface area contributed by atoms with Crippen LogP contribution in [0, 0.1) is 0 Å². The van der Waals surface area contributed by atoms with Gasteiger partial charge in [-0.05, 0) is 36.1 Å². The van der Waals surface area contributed by atoms with Crippen LogP contribution >= 0.6 is 11.3 Å². The predicted octanol–water partition coefficient (Wildman–Crippen LogP) is 2.34. The Balaban J connectivity index is 2.33. The molecule has 0 aliphatic heterocycles. The second kappa shape index (κ2) is 6.15. The molecule has 0 saturated heterocycles. The maximum Gasteiger partial charge on any atom is 0.330 e. The number of aromatic hydroxyl groups is 2. The standard InChI is InChI=1S/C15H17NO4S/c1-15(14(19)20-2,16-9-13-4-3-5-21-13)10-6-11(17)8-12(18)7-10/h3-8,16-18H,9H2,1-2H3. The number of carbonyl (C=O) groups is 1. The van der Waals surface area contributed by atoms with E-state index in [-0.39, 0.29) is 11.5 Å². The molecule has 5 nitrogen and oxygen atoms in total. The number of phenolic OH excluding ortho intramolecular Hbond substituents is 2. The van der Waals surface area contributed by atoms with Crippen LogP contribution in [0.5, 0.6) is 11.5 Å². The van der Waals surface area contributed by atoms with Gasteiger partial charge in [-0.25, -0.2) is 4.79 Å². The van der Waals surface area contributed by atoms with Gasteiger partial charge in [-0.2, -0.15) is 0 Å². The fourth-order valence-corrected chi connectivity index (χ4v) is 2.70. The number of thiophene rings is 1. The largest absolute Gasteiger partial charge is 0.508 e. The van der Waals surface area contributed by atoms with E-state index in [2.05, 4.69) is 5.32 Å². The lowest BCUT2D eigenvalue weighted by Crippen LogP contribution is -2.46. The van der Waals surface area contributed by atoms with Crippen molar-refractivity contribution < 1.29 is 19.7 Å². The van der Waals surface area contributed by atoms with Gasteiger partial charge in [0.05, 0.1) is 7.11 Å². The molecule has 1 unspecified atom stereocenters. The lowest BCUT2D eigenvalue weighted by atomic mass is 9.91. The average Bonchev–Trinajstić information content (AvgIpc) is 2.96. The minimum Gasteiger partial charge on any atom is -0.508 e. The fourth-order valence-electron chi connectivity index (χ4n) is 2.06. The third-order valence-electron chi connectivity index (χ3n) is 3.27. The second-order valence-electron chi connectivity index (χ2n) is 4.79. The Hall–Kier alpha value is -2.05. The summed E-state index contributed by atoms with van der Waals surface area (Å²) in [5.74, 6) is -0.722. The highest BCUT2D eigenvalue weighted by molar-refractivity contribution is 7.09. The number of ether oxygens (including phenoxy) is 1. The molecule has 2 rings (SSSR count).